The minimum Gasteiger partial charge on any atom is -0.480 e. The zero-order chi connectivity index (χ0) is 13.1. The Balaban J connectivity index is 2.01. The molecule has 0 aromatic heterocycles. The minimum absolute atomic E-state index is 0.0318. The maximum atomic E-state index is 11.6. The van der Waals surface area contributed by atoms with E-state index in [2.05, 4.69) is 5.32 Å². The second-order valence-electron chi connectivity index (χ2n) is 4.87. The van der Waals surface area contributed by atoms with E-state index in [1.165, 1.54) is 0 Å². The molecule has 1 amide bonds. The zero-order valence-electron chi connectivity index (χ0n) is 10.3. The van der Waals surface area contributed by atoms with Crippen molar-refractivity contribution in [2.75, 3.05) is 0 Å². The fraction of sp³-hybridized carbons (Fsp3) is 0.429. The van der Waals surface area contributed by atoms with E-state index in [0.29, 0.717) is 6.42 Å². The highest BCUT2D eigenvalue weighted by molar-refractivity contribution is 5.86. The van der Waals surface area contributed by atoms with Crippen LogP contribution in [0.2, 0.25) is 0 Å². The molecule has 0 saturated heterocycles. The molecular weight excluding hydrogens is 230 g/mol. The van der Waals surface area contributed by atoms with Crippen molar-refractivity contribution in [2.24, 2.45) is 5.92 Å². The molecule has 1 aromatic rings. The van der Waals surface area contributed by atoms with Gasteiger partial charge in [-0.1, -0.05) is 29.8 Å². The number of aryl methyl sites for hydroxylation is 1. The first kappa shape index (κ1) is 12.6. The van der Waals surface area contributed by atoms with Crippen LogP contribution in [0.25, 0.3) is 0 Å². The van der Waals surface area contributed by atoms with E-state index in [1.807, 2.05) is 31.2 Å². The number of hydrogen-bond acceptors (Lipinski definition) is 2. The van der Waals surface area contributed by atoms with Crippen molar-refractivity contribution >= 4 is 11.9 Å². The summed E-state index contributed by atoms with van der Waals surface area (Å²) in [5, 5.41) is 11.7. The minimum atomic E-state index is -0.981. The molecule has 4 nitrogen and oxygen atoms in total. The SMILES string of the molecule is Cc1cccc(C[C@@H](NC(=O)C2CC2)C(=O)O)c1. The first-order valence-electron chi connectivity index (χ1n) is 6.15. The fourth-order valence-electron chi connectivity index (χ4n) is 1.91. The molecule has 2 rings (SSSR count). The number of amides is 1. The molecule has 18 heavy (non-hydrogen) atoms. The molecule has 0 spiro atoms. The lowest BCUT2D eigenvalue weighted by molar-refractivity contribution is -0.142. The first-order valence-corrected chi connectivity index (χ1v) is 6.15. The molecule has 4 heteroatoms. The highest BCUT2D eigenvalue weighted by atomic mass is 16.4. The van der Waals surface area contributed by atoms with Crippen LogP contribution in [0, 0.1) is 12.8 Å². The lowest BCUT2D eigenvalue weighted by atomic mass is 10.0. The smallest absolute Gasteiger partial charge is 0.326 e. The van der Waals surface area contributed by atoms with Gasteiger partial charge in [0.2, 0.25) is 5.91 Å². The molecule has 0 bridgehead atoms. The fourth-order valence-corrected chi connectivity index (χ4v) is 1.91. The number of nitrogens with one attached hydrogen (secondary N) is 1. The Hall–Kier alpha value is -1.84. The third kappa shape index (κ3) is 3.32. The standard InChI is InChI=1S/C14H17NO3/c1-9-3-2-4-10(7-9)8-12(14(17)18)15-13(16)11-5-6-11/h2-4,7,11-12H,5-6,8H2,1H3,(H,15,16)(H,17,18)/t12-/m1/s1. The van der Waals surface area contributed by atoms with E-state index < -0.39 is 12.0 Å². The van der Waals surface area contributed by atoms with E-state index in [0.717, 1.165) is 24.0 Å². The van der Waals surface area contributed by atoms with E-state index in [4.69, 9.17) is 5.11 Å². The molecule has 1 atom stereocenters. The first-order chi connectivity index (χ1) is 8.56. The summed E-state index contributed by atoms with van der Waals surface area (Å²) in [6, 6.07) is 6.85. The van der Waals surface area contributed by atoms with Crippen LogP contribution in [0.15, 0.2) is 24.3 Å². The van der Waals surface area contributed by atoms with Crippen LogP contribution in [-0.4, -0.2) is 23.0 Å². The van der Waals surface area contributed by atoms with Gasteiger partial charge in [-0.25, -0.2) is 4.79 Å². The average molecular weight is 247 g/mol. The molecule has 1 aliphatic rings. The van der Waals surface area contributed by atoms with Gasteiger partial charge in [0, 0.05) is 12.3 Å². The van der Waals surface area contributed by atoms with Gasteiger partial charge in [-0.15, -0.1) is 0 Å². The predicted molar refractivity (Wildman–Crippen MR) is 67.2 cm³/mol. The quantitative estimate of drug-likeness (QED) is 0.829. The van der Waals surface area contributed by atoms with Crippen LogP contribution in [0.4, 0.5) is 0 Å². The summed E-state index contributed by atoms with van der Waals surface area (Å²) >= 11 is 0. The number of aliphatic carboxylic acids is 1. The number of benzene rings is 1. The number of carboxylic acid groups (broad SMARTS) is 1. The number of carbonyl (C=O) groups excluding carboxylic acids is 1. The van der Waals surface area contributed by atoms with E-state index >= 15 is 0 Å². The summed E-state index contributed by atoms with van der Waals surface area (Å²) in [5.41, 5.74) is 2.02. The van der Waals surface area contributed by atoms with Crippen LogP contribution in [-0.2, 0) is 16.0 Å². The maximum Gasteiger partial charge on any atom is 0.326 e. The van der Waals surface area contributed by atoms with E-state index in [1.54, 1.807) is 0 Å². The van der Waals surface area contributed by atoms with Crippen molar-refractivity contribution < 1.29 is 14.7 Å². The Morgan fingerprint density at radius 1 is 1.44 bits per heavy atom. The number of rotatable bonds is 5. The molecule has 1 fully saturated rings. The summed E-state index contributed by atoms with van der Waals surface area (Å²) < 4.78 is 0. The number of carbonyl (C=O) groups is 2. The summed E-state index contributed by atoms with van der Waals surface area (Å²) in [6.07, 6.45) is 2.08. The van der Waals surface area contributed by atoms with Crippen molar-refractivity contribution in [1.29, 1.82) is 0 Å². The Kier molecular flexibility index (Phi) is 3.65. The third-order valence-electron chi connectivity index (χ3n) is 3.09. The van der Waals surface area contributed by atoms with Gasteiger partial charge in [-0.3, -0.25) is 4.79 Å². The maximum absolute atomic E-state index is 11.6. The van der Waals surface area contributed by atoms with Gasteiger partial charge in [0.05, 0.1) is 0 Å². The van der Waals surface area contributed by atoms with Gasteiger partial charge in [0.15, 0.2) is 0 Å². The van der Waals surface area contributed by atoms with Gasteiger partial charge < -0.3 is 10.4 Å². The lowest BCUT2D eigenvalue weighted by Crippen LogP contribution is -2.43. The van der Waals surface area contributed by atoms with Crippen molar-refractivity contribution in [3.8, 4) is 0 Å². The van der Waals surface area contributed by atoms with E-state index in [-0.39, 0.29) is 11.8 Å². The van der Waals surface area contributed by atoms with Gasteiger partial charge in [0.25, 0.3) is 0 Å². The molecule has 1 aromatic carbocycles. The number of carboxylic acids is 1. The van der Waals surface area contributed by atoms with Crippen LogP contribution in [0.5, 0.6) is 0 Å². The Morgan fingerprint density at radius 3 is 2.72 bits per heavy atom. The van der Waals surface area contributed by atoms with Crippen molar-refractivity contribution in [2.45, 2.75) is 32.2 Å². The molecule has 1 aliphatic carbocycles. The molecule has 1 saturated carbocycles. The largest absolute Gasteiger partial charge is 0.480 e. The zero-order valence-corrected chi connectivity index (χ0v) is 10.3. The van der Waals surface area contributed by atoms with E-state index in [9.17, 15) is 9.59 Å². The second kappa shape index (κ2) is 5.21. The molecule has 2 N–H and O–H groups in total. The van der Waals surface area contributed by atoms with Gasteiger partial charge >= 0.3 is 5.97 Å². The summed E-state index contributed by atoms with van der Waals surface area (Å²) in [7, 11) is 0. The molecule has 0 heterocycles. The summed E-state index contributed by atoms with van der Waals surface area (Å²) in [5.74, 6) is -1.08. The van der Waals surface area contributed by atoms with Gasteiger partial charge in [-0.2, -0.15) is 0 Å². The van der Waals surface area contributed by atoms with Crippen LogP contribution >= 0.6 is 0 Å². The van der Waals surface area contributed by atoms with Crippen LogP contribution in [0.3, 0.4) is 0 Å². The van der Waals surface area contributed by atoms with Crippen molar-refractivity contribution in [3.63, 3.8) is 0 Å². The average Bonchev–Trinajstić information content (AvgIpc) is 3.11. The molecule has 96 valence electrons. The lowest BCUT2D eigenvalue weighted by Gasteiger charge is -2.14. The van der Waals surface area contributed by atoms with Gasteiger partial charge in [0.1, 0.15) is 6.04 Å². The van der Waals surface area contributed by atoms with Crippen molar-refractivity contribution in [1.82, 2.24) is 5.32 Å². The Bertz CT molecular complexity index is 466. The van der Waals surface area contributed by atoms with Crippen LogP contribution < -0.4 is 5.32 Å². The van der Waals surface area contributed by atoms with Gasteiger partial charge in [-0.05, 0) is 25.3 Å². The summed E-state index contributed by atoms with van der Waals surface area (Å²) in [6.45, 7) is 1.96. The predicted octanol–water partition coefficient (Wildman–Crippen LogP) is 1.52. The monoisotopic (exact) mass is 247 g/mol. The topological polar surface area (TPSA) is 66.4 Å². The normalized spacial score (nSPS) is 16.1. The van der Waals surface area contributed by atoms with Crippen molar-refractivity contribution in [3.05, 3.63) is 35.4 Å². The summed E-state index contributed by atoms with van der Waals surface area (Å²) in [4.78, 5) is 22.8. The Labute approximate surface area is 106 Å². The highest BCUT2D eigenvalue weighted by Crippen LogP contribution is 2.29. The second-order valence-corrected chi connectivity index (χ2v) is 4.87. The third-order valence-corrected chi connectivity index (χ3v) is 3.09. The molecule has 0 aliphatic heterocycles. The molecule has 0 radical (unpaired) electrons. The molecule has 0 unspecified atom stereocenters. The Morgan fingerprint density at radius 2 is 2.17 bits per heavy atom. The highest BCUT2D eigenvalue weighted by Gasteiger charge is 2.32. The molecular formula is C14H17NO3. The number of hydrogen-bond donors (Lipinski definition) is 2. The van der Waals surface area contributed by atoms with Crippen LogP contribution in [0.1, 0.15) is 24.0 Å².